The molecule has 0 spiro atoms. The molecule has 0 aromatic rings. The summed E-state index contributed by atoms with van der Waals surface area (Å²) in [5.74, 6) is 1.01. The maximum absolute atomic E-state index is 5.30. The van der Waals surface area contributed by atoms with Crippen molar-refractivity contribution in [2.75, 3.05) is 39.9 Å². The second kappa shape index (κ2) is 11.7. The predicted octanol–water partition coefficient (Wildman–Crippen LogP) is 2.11. The molecule has 0 fully saturated rings. The lowest BCUT2D eigenvalue weighted by Gasteiger charge is -2.21. The molecule has 0 radical (unpaired) electrons. The molecular weight excluding hydrogens is 214 g/mol. The molecule has 0 atom stereocenters. The quantitative estimate of drug-likeness (QED) is 0.383. The van der Waals surface area contributed by atoms with E-state index in [4.69, 9.17) is 4.74 Å². The first-order chi connectivity index (χ1) is 8.26. The van der Waals surface area contributed by atoms with Crippen LogP contribution in [-0.2, 0) is 4.74 Å². The van der Waals surface area contributed by atoms with Crippen molar-refractivity contribution in [1.82, 2.24) is 10.2 Å². The van der Waals surface area contributed by atoms with Crippen molar-refractivity contribution in [3.05, 3.63) is 0 Å². The Kier molecular flexibility index (Phi) is 11.2. The highest BCUT2D eigenvalue weighted by molar-refractivity contribution is 5.79. The molecule has 0 aromatic heterocycles. The second-order valence-corrected chi connectivity index (χ2v) is 4.06. The van der Waals surface area contributed by atoms with Crippen LogP contribution >= 0.6 is 0 Å². The molecule has 0 heterocycles. The first-order valence-electron chi connectivity index (χ1n) is 6.83. The highest BCUT2D eigenvalue weighted by Gasteiger charge is 2.03. The minimum atomic E-state index is 0.792. The molecule has 0 bridgehead atoms. The first kappa shape index (κ1) is 16.2. The summed E-state index contributed by atoms with van der Waals surface area (Å²) in [6.45, 7) is 10.7. The Morgan fingerprint density at radius 2 is 2.00 bits per heavy atom. The topological polar surface area (TPSA) is 36.9 Å². The molecule has 4 heteroatoms. The van der Waals surface area contributed by atoms with Crippen LogP contribution in [0.1, 0.15) is 40.0 Å². The molecule has 0 aliphatic carbocycles. The second-order valence-electron chi connectivity index (χ2n) is 4.06. The Hall–Kier alpha value is -0.770. The summed E-state index contributed by atoms with van der Waals surface area (Å²) in [4.78, 5) is 6.79. The number of unbranched alkanes of at least 4 members (excludes halogenated alkanes) is 1. The zero-order chi connectivity index (χ0) is 12.9. The van der Waals surface area contributed by atoms with Crippen molar-refractivity contribution in [1.29, 1.82) is 0 Å². The van der Waals surface area contributed by atoms with Gasteiger partial charge in [-0.05, 0) is 26.7 Å². The van der Waals surface area contributed by atoms with Gasteiger partial charge in [0.25, 0.3) is 0 Å². The Balaban J connectivity index is 3.96. The van der Waals surface area contributed by atoms with Crippen molar-refractivity contribution in [2.24, 2.45) is 4.99 Å². The van der Waals surface area contributed by atoms with Crippen LogP contribution in [0, 0.1) is 0 Å². The summed E-state index contributed by atoms with van der Waals surface area (Å²) in [7, 11) is 2.10. The SMILES string of the molecule is CCCCN(C)C(=NCCCOCC)NCC. The van der Waals surface area contributed by atoms with Gasteiger partial charge in [-0.25, -0.2) is 0 Å². The van der Waals surface area contributed by atoms with Crippen molar-refractivity contribution in [2.45, 2.75) is 40.0 Å². The zero-order valence-electron chi connectivity index (χ0n) is 12.0. The molecule has 0 amide bonds. The standard InChI is InChI=1S/C13H29N3O/c1-5-8-11-16(4)13(14-6-2)15-10-9-12-17-7-3/h5-12H2,1-4H3,(H,14,15). The van der Waals surface area contributed by atoms with Crippen LogP contribution in [0.15, 0.2) is 4.99 Å². The normalized spacial score (nSPS) is 11.6. The van der Waals surface area contributed by atoms with Gasteiger partial charge in [-0.1, -0.05) is 13.3 Å². The van der Waals surface area contributed by atoms with Crippen molar-refractivity contribution in [3.63, 3.8) is 0 Å². The molecule has 0 aliphatic rings. The smallest absolute Gasteiger partial charge is 0.193 e. The Bertz CT molecular complexity index is 195. The van der Waals surface area contributed by atoms with Crippen molar-refractivity contribution >= 4 is 5.96 Å². The van der Waals surface area contributed by atoms with Crippen molar-refractivity contribution < 1.29 is 4.74 Å². The number of aliphatic imine (C=N–C) groups is 1. The van der Waals surface area contributed by atoms with Gasteiger partial charge < -0.3 is 15.0 Å². The van der Waals surface area contributed by atoms with Gasteiger partial charge in [0.2, 0.25) is 0 Å². The third-order valence-electron chi connectivity index (χ3n) is 2.46. The minimum absolute atomic E-state index is 0.792. The number of nitrogens with zero attached hydrogens (tertiary/aromatic N) is 2. The largest absolute Gasteiger partial charge is 0.382 e. The van der Waals surface area contributed by atoms with E-state index < -0.39 is 0 Å². The van der Waals surface area contributed by atoms with E-state index in [0.717, 1.165) is 45.2 Å². The summed E-state index contributed by atoms with van der Waals surface area (Å²) in [6, 6.07) is 0. The lowest BCUT2D eigenvalue weighted by Crippen LogP contribution is -2.39. The number of ether oxygens (including phenoxy) is 1. The maximum atomic E-state index is 5.30. The van der Waals surface area contributed by atoms with Gasteiger partial charge in [0.1, 0.15) is 0 Å². The van der Waals surface area contributed by atoms with E-state index in [0.29, 0.717) is 0 Å². The molecule has 102 valence electrons. The third kappa shape index (κ3) is 8.98. The Morgan fingerprint density at radius 3 is 2.59 bits per heavy atom. The van der Waals surface area contributed by atoms with E-state index in [1.54, 1.807) is 0 Å². The Labute approximate surface area is 106 Å². The summed E-state index contributed by atoms with van der Waals surface area (Å²) in [6.07, 6.45) is 3.41. The van der Waals surface area contributed by atoms with Crippen LogP contribution < -0.4 is 5.32 Å². The molecule has 0 aromatic carbocycles. The molecule has 0 aliphatic heterocycles. The fraction of sp³-hybridized carbons (Fsp3) is 0.923. The van der Waals surface area contributed by atoms with Gasteiger partial charge in [-0.2, -0.15) is 0 Å². The number of guanidine groups is 1. The fourth-order valence-corrected chi connectivity index (χ4v) is 1.47. The summed E-state index contributed by atoms with van der Waals surface area (Å²) in [5.41, 5.74) is 0. The Morgan fingerprint density at radius 1 is 1.24 bits per heavy atom. The molecule has 0 saturated carbocycles. The molecule has 0 unspecified atom stereocenters. The fourth-order valence-electron chi connectivity index (χ4n) is 1.47. The molecule has 17 heavy (non-hydrogen) atoms. The number of hydrogen-bond donors (Lipinski definition) is 1. The van der Waals surface area contributed by atoms with Crippen LogP contribution in [0.2, 0.25) is 0 Å². The average molecular weight is 243 g/mol. The van der Waals surface area contributed by atoms with Gasteiger partial charge in [-0.15, -0.1) is 0 Å². The first-order valence-corrected chi connectivity index (χ1v) is 6.83. The molecular formula is C13H29N3O. The highest BCUT2D eigenvalue weighted by Crippen LogP contribution is 1.94. The number of nitrogens with one attached hydrogen (secondary N) is 1. The molecule has 1 N–H and O–H groups in total. The highest BCUT2D eigenvalue weighted by atomic mass is 16.5. The van der Waals surface area contributed by atoms with Crippen LogP contribution in [0.5, 0.6) is 0 Å². The summed E-state index contributed by atoms with van der Waals surface area (Å²) < 4.78 is 5.30. The van der Waals surface area contributed by atoms with Gasteiger partial charge in [0, 0.05) is 39.9 Å². The van der Waals surface area contributed by atoms with Crippen LogP contribution in [0.4, 0.5) is 0 Å². The molecule has 0 saturated heterocycles. The van der Waals surface area contributed by atoms with Gasteiger partial charge in [0.05, 0.1) is 0 Å². The van der Waals surface area contributed by atoms with Crippen LogP contribution in [0.25, 0.3) is 0 Å². The average Bonchev–Trinajstić information content (AvgIpc) is 2.34. The van der Waals surface area contributed by atoms with E-state index in [1.165, 1.54) is 12.8 Å². The predicted molar refractivity (Wildman–Crippen MR) is 74.6 cm³/mol. The lowest BCUT2D eigenvalue weighted by molar-refractivity contribution is 0.146. The molecule has 4 nitrogen and oxygen atoms in total. The van der Waals surface area contributed by atoms with Gasteiger partial charge >= 0.3 is 0 Å². The lowest BCUT2D eigenvalue weighted by atomic mass is 10.3. The van der Waals surface area contributed by atoms with E-state index >= 15 is 0 Å². The van der Waals surface area contributed by atoms with Gasteiger partial charge in [-0.3, -0.25) is 4.99 Å². The van der Waals surface area contributed by atoms with E-state index in [2.05, 4.69) is 36.1 Å². The van der Waals surface area contributed by atoms with E-state index in [9.17, 15) is 0 Å². The maximum Gasteiger partial charge on any atom is 0.193 e. The summed E-state index contributed by atoms with van der Waals surface area (Å²) >= 11 is 0. The van der Waals surface area contributed by atoms with E-state index in [1.807, 2.05) is 6.92 Å². The summed E-state index contributed by atoms with van der Waals surface area (Å²) in [5, 5.41) is 3.32. The minimum Gasteiger partial charge on any atom is -0.382 e. The van der Waals surface area contributed by atoms with E-state index in [-0.39, 0.29) is 0 Å². The van der Waals surface area contributed by atoms with Crippen LogP contribution in [-0.4, -0.2) is 50.8 Å². The zero-order valence-corrected chi connectivity index (χ0v) is 12.0. The van der Waals surface area contributed by atoms with Crippen molar-refractivity contribution in [3.8, 4) is 0 Å². The monoisotopic (exact) mass is 243 g/mol. The van der Waals surface area contributed by atoms with Gasteiger partial charge in [0.15, 0.2) is 5.96 Å². The number of rotatable bonds is 9. The third-order valence-corrected chi connectivity index (χ3v) is 2.46. The number of hydrogen-bond acceptors (Lipinski definition) is 2. The van der Waals surface area contributed by atoms with Crippen LogP contribution in [0.3, 0.4) is 0 Å². The molecule has 0 rings (SSSR count).